The van der Waals surface area contributed by atoms with Crippen LogP contribution >= 0.6 is 11.6 Å². The number of rotatable bonds is 2. The standard InChI is InChI=1S/C10H8ClNO2/c1-14-10-8(6-13)12-5-3-2-4-7(12)9(10)11/h2-6H,1H3. The zero-order valence-corrected chi connectivity index (χ0v) is 8.28. The molecule has 0 bridgehead atoms. The van der Waals surface area contributed by atoms with Crippen LogP contribution in [0.3, 0.4) is 0 Å². The van der Waals surface area contributed by atoms with Crippen LogP contribution in [-0.2, 0) is 0 Å². The van der Waals surface area contributed by atoms with Crippen molar-refractivity contribution in [1.29, 1.82) is 0 Å². The van der Waals surface area contributed by atoms with Crippen molar-refractivity contribution in [2.75, 3.05) is 7.11 Å². The molecule has 0 N–H and O–H groups in total. The average molecular weight is 210 g/mol. The number of hydrogen-bond donors (Lipinski definition) is 0. The van der Waals surface area contributed by atoms with E-state index >= 15 is 0 Å². The molecular weight excluding hydrogens is 202 g/mol. The first kappa shape index (κ1) is 9.09. The number of carbonyl (C=O) groups is 1. The van der Waals surface area contributed by atoms with E-state index in [-0.39, 0.29) is 0 Å². The Morgan fingerprint density at radius 3 is 2.93 bits per heavy atom. The summed E-state index contributed by atoms with van der Waals surface area (Å²) in [6.07, 6.45) is 2.51. The van der Waals surface area contributed by atoms with Gasteiger partial charge in [-0.1, -0.05) is 17.7 Å². The maximum absolute atomic E-state index is 10.9. The fourth-order valence-corrected chi connectivity index (χ4v) is 1.80. The molecule has 0 aromatic carbocycles. The van der Waals surface area contributed by atoms with Gasteiger partial charge < -0.3 is 9.14 Å². The molecule has 0 aliphatic rings. The molecule has 0 radical (unpaired) electrons. The van der Waals surface area contributed by atoms with E-state index in [1.807, 2.05) is 18.2 Å². The third kappa shape index (κ3) is 1.09. The summed E-state index contributed by atoms with van der Waals surface area (Å²) in [4.78, 5) is 10.9. The first-order chi connectivity index (χ1) is 6.79. The topological polar surface area (TPSA) is 30.7 Å². The zero-order valence-electron chi connectivity index (χ0n) is 7.53. The van der Waals surface area contributed by atoms with Crippen LogP contribution in [-0.4, -0.2) is 17.8 Å². The molecule has 0 saturated carbocycles. The summed E-state index contributed by atoms with van der Waals surface area (Å²) in [7, 11) is 1.49. The van der Waals surface area contributed by atoms with Crippen LogP contribution in [0.4, 0.5) is 0 Å². The third-order valence-corrected chi connectivity index (χ3v) is 2.46. The highest BCUT2D eigenvalue weighted by atomic mass is 35.5. The van der Waals surface area contributed by atoms with Crippen molar-refractivity contribution in [2.24, 2.45) is 0 Å². The third-order valence-electron chi connectivity index (χ3n) is 2.09. The lowest BCUT2D eigenvalue weighted by Gasteiger charge is -1.96. The second kappa shape index (κ2) is 3.35. The Morgan fingerprint density at radius 2 is 2.29 bits per heavy atom. The van der Waals surface area contributed by atoms with Crippen LogP contribution < -0.4 is 4.74 Å². The summed E-state index contributed by atoms with van der Waals surface area (Å²) in [6, 6.07) is 5.52. The van der Waals surface area contributed by atoms with E-state index in [2.05, 4.69) is 0 Å². The number of ether oxygens (including phenoxy) is 1. The van der Waals surface area contributed by atoms with Gasteiger partial charge >= 0.3 is 0 Å². The number of pyridine rings is 1. The van der Waals surface area contributed by atoms with Gasteiger partial charge in [0.25, 0.3) is 0 Å². The monoisotopic (exact) mass is 209 g/mol. The van der Waals surface area contributed by atoms with Crippen molar-refractivity contribution in [3.8, 4) is 5.75 Å². The summed E-state index contributed by atoms with van der Waals surface area (Å²) < 4.78 is 6.77. The molecule has 0 unspecified atom stereocenters. The van der Waals surface area contributed by atoms with Crippen molar-refractivity contribution in [2.45, 2.75) is 0 Å². The molecule has 2 aromatic heterocycles. The van der Waals surface area contributed by atoms with Crippen LogP contribution in [0.1, 0.15) is 10.5 Å². The molecule has 0 atom stereocenters. The Balaban J connectivity index is 2.91. The molecule has 3 nitrogen and oxygen atoms in total. The highest BCUT2D eigenvalue weighted by molar-refractivity contribution is 6.36. The summed E-state index contributed by atoms with van der Waals surface area (Å²) in [6.45, 7) is 0. The highest BCUT2D eigenvalue weighted by Crippen LogP contribution is 2.34. The lowest BCUT2D eigenvalue weighted by Crippen LogP contribution is -1.92. The van der Waals surface area contributed by atoms with E-state index in [1.54, 1.807) is 10.6 Å². The Morgan fingerprint density at radius 1 is 1.50 bits per heavy atom. The minimum Gasteiger partial charge on any atom is -0.493 e. The maximum Gasteiger partial charge on any atom is 0.170 e. The van der Waals surface area contributed by atoms with Gasteiger partial charge in [-0.3, -0.25) is 4.79 Å². The normalized spacial score (nSPS) is 10.4. The smallest absolute Gasteiger partial charge is 0.170 e. The first-order valence-electron chi connectivity index (χ1n) is 4.07. The molecule has 0 aliphatic heterocycles. The number of nitrogens with zero attached hydrogens (tertiary/aromatic N) is 1. The van der Waals surface area contributed by atoms with Crippen molar-refractivity contribution < 1.29 is 9.53 Å². The number of methoxy groups -OCH3 is 1. The second-order valence-electron chi connectivity index (χ2n) is 2.81. The Bertz CT molecular complexity index is 490. The molecule has 2 aromatic rings. The van der Waals surface area contributed by atoms with Crippen molar-refractivity contribution in [3.05, 3.63) is 35.1 Å². The first-order valence-corrected chi connectivity index (χ1v) is 4.45. The molecule has 0 fully saturated rings. The number of aldehydes is 1. The van der Waals surface area contributed by atoms with E-state index in [1.165, 1.54) is 7.11 Å². The molecule has 72 valence electrons. The molecule has 2 heterocycles. The number of halogens is 1. The van der Waals surface area contributed by atoms with Crippen molar-refractivity contribution >= 4 is 23.4 Å². The average Bonchev–Trinajstić information content (AvgIpc) is 2.51. The number of carbonyl (C=O) groups excluding carboxylic acids is 1. The van der Waals surface area contributed by atoms with E-state index in [9.17, 15) is 4.79 Å². The fraction of sp³-hybridized carbons (Fsp3) is 0.100. The minimum atomic E-state index is 0.424. The van der Waals surface area contributed by atoms with E-state index in [4.69, 9.17) is 16.3 Å². The Kier molecular flexibility index (Phi) is 2.17. The van der Waals surface area contributed by atoms with Gasteiger partial charge in [0.2, 0.25) is 0 Å². The number of aromatic nitrogens is 1. The van der Waals surface area contributed by atoms with Gasteiger partial charge in [-0.05, 0) is 12.1 Å². The highest BCUT2D eigenvalue weighted by Gasteiger charge is 2.15. The predicted molar refractivity (Wildman–Crippen MR) is 54.3 cm³/mol. The SMILES string of the molecule is COc1c(Cl)c2ccccn2c1C=O. The molecule has 0 amide bonds. The zero-order chi connectivity index (χ0) is 10.1. The van der Waals surface area contributed by atoms with E-state index < -0.39 is 0 Å². The predicted octanol–water partition coefficient (Wildman–Crippen LogP) is 2.41. The summed E-state index contributed by atoms with van der Waals surface area (Å²) in [5.41, 5.74) is 1.21. The van der Waals surface area contributed by atoms with Crippen LogP contribution in [0.15, 0.2) is 24.4 Å². The molecule has 0 spiro atoms. The number of fused-ring (bicyclic) bond motifs is 1. The van der Waals surface area contributed by atoms with Gasteiger partial charge in [-0.25, -0.2) is 0 Å². The van der Waals surface area contributed by atoms with Crippen molar-refractivity contribution in [1.82, 2.24) is 4.40 Å². The lowest BCUT2D eigenvalue weighted by atomic mass is 10.4. The van der Waals surface area contributed by atoms with Gasteiger partial charge in [-0.2, -0.15) is 0 Å². The summed E-state index contributed by atoms with van der Waals surface area (Å²) in [5.74, 6) is 0.424. The van der Waals surface area contributed by atoms with Crippen LogP contribution in [0.5, 0.6) is 5.75 Å². The molecular formula is C10H8ClNO2. The van der Waals surface area contributed by atoms with E-state index in [0.717, 1.165) is 11.8 Å². The maximum atomic E-state index is 10.9. The fourth-order valence-electron chi connectivity index (χ4n) is 1.47. The quantitative estimate of drug-likeness (QED) is 0.712. The van der Waals surface area contributed by atoms with Gasteiger partial charge in [0.15, 0.2) is 12.0 Å². The summed E-state index contributed by atoms with van der Waals surface area (Å²) >= 11 is 6.04. The lowest BCUT2D eigenvalue weighted by molar-refractivity contribution is 0.111. The van der Waals surface area contributed by atoms with Gasteiger partial charge in [0, 0.05) is 6.20 Å². The largest absolute Gasteiger partial charge is 0.493 e. The van der Waals surface area contributed by atoms with Gasteiger partial charge in [0.05, 0.1) is 12.6 Å². The molecule has 14 heavy (non-hydrogen) atoms. The summed E-state index contributed by atoms with van der Waals surface area (Å²) in [5, 5.41) is 0.468. The molecule has 0 aliphatic carbocycles. The van der Waals surface area contributed by atoms with Crippen molar-refractivity contribution in [3.63, 3.8) is 0 Å². The van der Waals surface area contributed by atoms with E-state index in [0.29, 0.717) is 16.5 Å². The Labute approximate surface area is 85.9 Å². The second-order valence-corrected chi connectivity index (χ2v) is 3.18. The van der Waals surface area contributed by atoms with Crippen LogP contribution in [0, 0.1) is 0 Å². The molecule has 0 saturated heterocycles. The molecule has 4 heteroatoms. The Hall–Kier alpha value is -1.48. The van der Waals surface area contributed by atoms with Gasteiger partial charge in [-0.15, -0.1) is 0 Å². The van der Waals surface area contributed by atoms with Crippen LogP contribution in [0.25, 0.3) is 5.52 Å². The molecule has 2 rings (SSSR count). The van der Waals surface area contributed by atoms with Crippen LogP contribution in [0.2, 0.25) is 5.02 Å². The number of hydrogen-bond acceptors (Lipinski definition) is 2. The van der Waals surface area contributed by atoms with Gasteiger partial charge in [0.1, 0.15) is 10.7 Å². The minimum absolute atomic E-state index is 0.424.